The van der Waals surface area contributed by atoms with E-state index in [4.69, 9.17) is 8.83 Å². The van der Waals surface area contributed by atoms with Crippen molar-refractivity contribution in [3.8, 4) is 22.3 Å². The van der Waals surface area contributed by atoms with Crippen LogP contribution in [0.5, 0.6) is 0 Å². The third kappa shape index (κ3) is 4.27. The van der Waals surface area contributed by atoms with Crippen molar-refractivity contribution in [2.75, 3.05) is 0 Å². The Morgan fingerprint density at radius 3 is 1.83 bits per heavy atom. The van der Waals surface area contributed by atoms with E-state index in [1.165, 1.54) is 70.2 Å². The second kappa shape index (κ2) is 11.4. The second-order valence-corrected chi connectivity index (χ2v) is 15.2. The summed E-state index contributed by atoms with van der Waals surface area (Å²) in [5.74, 6) is 0. The van der Waals surface area contributed by atoms with Gasteiger partial charge in [-0.2, -0.15) is 0 Å². The predicted octanol–water partition coefficient (Wildman–Crippen LogP) is 15.1. The Hall–Kier alpha value is -6.68. The minimum Gasteiger partial charge on any atom is -0.455 e. The molecule has 0 unspecified atom stereocenters. The van der Waals surface area contributed by atoms with Crippen LogP contribution in [-0.2, 0) is 6.42 Å². The second-order valence-electron chi connectivity index (χ2n) is 14.3. The van der Waals surface area contributed by atoms with Crippen molar-refractivity contribution in [3.05, 3.63) is 180 Å². The topological polar surface area (TPSA) is 26.3 Å². The summed E-state index contributed by atoms with van der Waals surface area (Å²) in [5.41, 5.74) is 11.0. The van der Waals surface area contributed by atoms with Gasteiger partial charge in [-0.3, -0.25) is 0 Å². The van der Waals surface area contributed by atoms with Gasteiger partial charge in [-0.25, -0.2) is 0 Å². The van der Waals surface area contributed by atoms with E-state index in [2.05, 4.69) is 169 Å². The van der Waals surface area contributed by atoms with Crippen LogP contribution in [0.15, 0.2) is 178 Å². The summed E-state index contributed by atoms with van der Waals surface area (Å²) >= 11 is 1.78. The molecule has 54 heavy (non-hydrogen) atoms. The molecule has 0 radical (unpaired) electrons. The quantitative estimate of drug-likeness (QED) is 0.170. The van der Waals surface area contributed by atoms with Gasteiger partial charge in [0, 0.05) is 54.7 Å². The SMILES string of the molecule is c1ccc(-c2csc3ccc4c5cccc(Cc6c7ccccc7c(-c7cccc8c7oc7cc9ccccc9cc78)c7ccccc67)c5oc4c23)cc1. The summed E-state index contributed by atoms with van der Waals surface area (Å²) in [5, 5.41) is 15.4. The van der Waals surface area contributed by atoms with Gasteiger partial charge in [0.1, 0.15) is 22.3 Å². The molecule has 0 fully saturated rings. The molecule has 0 N–H and O–H groups in total. The van der Waals surface area contributed by atoms with Gasteiger partial charge < -0.3 is 8.83 Å². The van der Waals surface area contributed by atoms with Crippen LogP contribution in [0, 0.1) is 0 Å². The minimum absolute atomic E-state index is 0.734. The van der Waals surface area contributed by atoms with Crippen LogP contribution in [0.2, 0.25) is 0 Å². The van der Waals surface area contributed by atoms with Crippen LogP contribution < -0.4 is 0 Å². The van der Waals surface area contributed by atoms with Gasteiger partial charge in [-0.1, -0.05) is 140 Å². The molecule has 0 spiro atoms. The number of fused-ring (bicyclic) bond motifs is 11. The molecule has 252 valence electrons. The Labute approximate surface area is 314 Å². The summed E-state index contributed by atoms with van der Waals surface area (Å²) in [7, 11) is 0. The highest BCUT2D eigenvalue weighted by molar-refractivity contribution is 7.18. The molecule has 0 aliphatic heterocycles. The summed E-state index contributed by atoms with van der Waals surface area (Å²) in [4.78, 5) is 0. The lowest BCUT2D eigenvalue weighted by molar-refractivity contribution is 0.668. The summed E-state index contributed by atoms with van der Waals surface area (Å²) < 4.78 is 15.0. The molecule has 0 saturated heterocycles. The number of rotatable bonds is 4. The third-order valence-electron chi connectivity index (χ3n) is 11.4. The van der Waals surface area contributed by atoms with Gasteiger partial charge >= 0.3 is 0 Å². The van der Waals surface area contributed by atoms with Crippen molar-refractivity contribution in [1.82, 2.24) is 0 Å². The van der Waals surface area contributed by atoms with Crippen LogP contribution in [0.4, 0.5) is 0 Å². The van der Waals surface area contributed by atoms with Crippen molar-refractivity contribution >= 4 is 97.6 Å². The van der Waals surface area contributed by atoms with E-state index >= 15 is 0 Å². The fraction of sp³-hybridized carbons (Fsp3) is 0.0196. The number of para-hydroxylation sites is 2. The highest BCUT2D eigenvalue weighted by atomic mass is 32.1. The van der Waals surface area contributed by atoms with Crippen LogP contribution >= 0.6 is 11.3 Å². The van der Waals surface area contributed by atoms with Gasteiger partial charge in [0.05, 0.1) is 0 Å². The van der Waals surface area contributed by atoms with Crippen LogP contribution in [0.3, 0.4) is 0 Å². The van der Waals surface area contributed by atoms with Gasteiger partial charge in [-0.05, 0) is 78.7 Å². The van der Waals surface area contributed by atoms with Gasteiger partial charge in [-0.15, -0.1) is 11.3 Å². The molecule has 0 amide bonds. The Bertz CT molecular complexity index is 3410. The first-order chi connectivity index (χ1) is 26.8. The molecule has 0 saturated carbocycles. The molecule has 3 heterocycles. The normalized spacial score (nSPS) is 12.1. The van der Waals surface area contributed by atoms with Gasteiger partial charge in [0.25, 0.3) is 0 Å². The Morgan fingerprint density at radius 2 is 1.06 bits per heavy atom. The third-order valence-corrected chi connectivity index (χ3v) is 12.4. The smallest absolute Gasteiger partial charge is 0.144 e. The number of thiophene rings is 1. The Kier molecular flexibility index (Phi) is 6.31. The van der Waals surface area contributed by atoms with Gasteiger partial charge in [0.15, 0.2) is 0 Å². The van der Waals surface area contributed by atoms with Gasteiger partial charge in [0.2, 0.25) is 0 Å². The standard InChI is InChI=1S/C51H30O2S/c1-2-12-30(13-3-1)44-29-54-46-25-24-40-38-21-10-16-33(49(38)53-51(40)48(44)46)27-42-34-17-6-8-19-36(34)47(37-20-9-7-18-35(37)42)41-23-11-22-39-43-26-31-14-4-5-15-32(31)28-45(43)52-50(39)41/h1-26,28-29H,27H2. The van der Waals surface area contributed by atoms with E-state index in [9.17, 15) is 0 Å². The molecule has 0 aliphatic rings. The van der Waals surface area contributed by atoms with Crippen LogP contribution in [0.1, 0.15) is 11.1 Å². The van der Waals surface area contributed by atoms with E-state index in [0.29, 0.717) is 0 Å². The lowest BCUT2D eigenvalue weighted by Gasteiger charge is -2.17. The summed E-state index contributed by atoms with van der Waals surface area (Å²) in [6.07, 6.45) is 0.734. The zero-order valence-electron chi connectivity index (χ0n) is 29.1. The average Bonchev–Trinajstić information content (AvgIpc) is 3.94. The lowest BCUT2D eigenvalue weighted by Crippen LogP contribution is -1.96. The molecule has 9 aromatic carbocycles. The molecule has 0 bridgehead atoms. The fourth-order valence-corrected chi connectivity index (χ4v) is 9.94. The Balaban J connectivity index is 1.09. The molecule has 0 atom stereocenters. The van der Waals surface area contributed by atoms with E-state index < -0.39 is 0 Å². The molecule has 0 aliphatic carbocycles. The first-order valence-electron chi connectivity index (χ1n) is 18.4. The predicted molar refractivity (Wildman–Crippen MR) is 229 cm³/mol. The van der Waals surface area contributed by atoms with Crippen molar-refractivity contribution < 1.29 is 8.83 Å². The first-order valence-corrected chi connectivity index (χ1v) is 19.3. The zero-order valence-corrected chi connectivity index (χ0v) is 29.9. The molecule has 3 heteroatoms. The number of benzene rings is 9. The molecule has 12 rings (SSSR count). The van der Waals surface area contributed by atoms with E-state index in [1.807, 2.05) is 0 Å². The van der Waals surface area contributed by atoms with E-state index in [0.717, 1.165) is 55.9 Å². The maximum Gasteiger partial charge on any atom is 0.144 e. The molecule has 12 aromatic rings. The largest absolute Gasteiger partial charge is 0.455 e. The molecule has 3 aromatic heterocycles. The first kappa shape index (κ1) is 29.9. The molecular weight excluding hydrogens is 677 g/mol. The van der Waals surface area contributed by atoms with Crippen LogP contribution in [-0.4, -0.2) is 0 Å². The zero-order chi connectivity index (χ0) is 35.3. The number of hydrogen-bond acceptors (Lipinski definition) is 3. The molecular formula is C51H30O2S. The van der Waals surface area contributed by atoms with Crippen molar-refractivity contribution in [1.29, 1.82) is 0 Å². The molecule has 2 nitrogen and oxygen atoms in total. The average molecular weight is 707 g/mol. The minimum atomic E-state index is 0.734. The summed E-state index contributed by atoms with van der Waals surface area (Å²) in [6, 6.07) is 59.1. The number of furan rings is 2. The van der Waals surface area contributed by atoms with E-state index in [1.54, 1.807) is 11.3 Å². The van der Waals surface area contributed by atoms with E-state index in [-0.39, 0.29) is 0 Å². The summed E-state index contributed by atoms with van der Waals surface area (Å²) in [6.45, 7) is 0. The van der Waals surface area contributed by atoms with Crippen molar-refractivity contribution in [2.24, 2.45) is 0 Å². The monoisotopic (exact) mass is 706 g/mol. The van der Waals surface area contributed by atoms with Crippen molar-refractivity contribution in [2.45, 2.75) is 6.42 Å². The highest BCUT2D eigenvalue weighted by Crippen LogP contribution is 2.46. The Morgan fingerprint density at radius 1 is 0.426 bits per heavy atom. The lowest BCUT2D eigenvalue weighted by atomic mass is 9.86. The van der Waals surface area contributed by atoms with Crippen LogP contribution in [0.25, 0.3) is 109 Å². The fourth-order valence-electron chi connectivity index (χ4n) is 8.98. The maximum atomic E-state index is 7.01. The highest BCUT2D eigenvalue weighted by Gasteiger charge is 2.22. The maximum absolute atomic E-state index is 7.01. The number of hydrogen-bond donors (Lipinski definition) is 0. The van der Waals surface area contributed by atoms with Crippen molar-refractivity contribution in [3.63, 3.8) is 0 Å².